The molecule has 0 radical (unpaired) electrons. The molecule has 19 heavy (non-hydrogen) atoms. The third kappa shape index (κ3) is 4.76. The summed E-state index contributed by atoms with van der Waals surface area (Å²) in [5.41, 5.74) is 7.09. The van der Waals surface area contributed by atoms with E-state index in [0.717, 1.165) is 5.56 Å². The summed E-state index contributed by atoms with van der Waals surface area (Å²) in [6, 6.07) is 8.84. The summed E-state index contributed by atoms with van der Waals surface area (Å²) < 4.78 is 0. The molecule has 1 atom stereocenters. The maximum Gasteiger partial charge on any atom is 0.256 e. The quantitative estimate of drug-likeness (QED) is 0.298. The van der Waals surface area contributed by atoms with Crippen LogP contribution in [0.4, 0.5) is 0 Å². The van der Waals surface area contributed by atoms with Crippen molar-refractivity contribution in [2.45, 2.75) is 6.42 Å². The first-order valence-electron chi connectivity index (χ1n) is 5.58. The van der Waals surface area contributed by atoms with Gasteiger partial charge in [0, 0.05) is 0 Å². The van der Waals surface area contributed by atoms with Gasteiger partial charge in [-0.3, -0.25) is 19.6 Å². The van der Waals surface area contributed by atoms with Crippen LogP contribution in [0.1, 0.15) is 5.56 Å². The molecule has 0 saturated heterocycles. The first kappa shape index (κ1) is 14.7. The highest BCUT2D eigenvalue weighted by molar-refractivity contribution is 6.01. The van der Waals surface area contributed by atoms with Crippen molar-refractivity contribution in [1.29, 1.82) is 0 Å². The maximum atomic E-state index is 11.8. The monoisotopic (exact) mass is 265 g/mol. The van der Waals surface area contributed by atoms with Crippen molar-refractivity contribution in [2.75, 3.05) is 6.54 Å². The molecule has 3 amide bonds. The van der Waals surface area contributed by atoms with Gasteiger partial charge in [-0.05, 0) is 12.0 Å². The third-order valence-electron chi connectivity index (χ3n) is 2.46. The van der Waals surface area contributed by atoms with Crippen molar-refractivity contribution in [2.24, 2.45) is 11.7 Å². The number of benzene rings is 1. The summed E-state index contributed by atoms with van der Waals surface area (Å²) in [6.45, 7) is -0.358. The van der Waals surface area contributed by atoms with Gasteiger partial charge in [0.25, 0.3) is 5.91 Å². The van der Waals surface area contributed by atoms with Crippen molar-refractivity contribution in [1.82, 2.24) is 10.8 Å². The molecule has 0 aliphatic heterocycles. The number of primary amides is 1. The fourth-order valence-corrected chi connectivity index (χ4v) is 1.53. The lowest BCUT2D eigenvalue weighted by atomic mass is 9.98. The summed E-state index contributed by atoms with van der Waals surface area (Å²) in [5.74, 6) is -3.36. The molecule has 0 bridgehead atoms. The Labute approximate surface area is 109 Å². The van der Waals surface area contributed by atoms with E-state index in [-0.39, 0.29) is 13.0 Å². The van der Waals surface area contributed by atoms with Crippen molar-refractivity contribution in [3.8, 4) is 0 Å². The highest BCUT2D eigenvalue weighted by atomic mass is 16.5. The zero-order valence-corrected chi connectivity index (χ0v) is 10.1. The molecule has 0 heterocycles. The molecule has 0 aliphatic carbocycles. The molecule has 0 aromatic heterocycles. The second-order valence-corrected chi connectivity index (χ2v) is 3.90. The molecule has 7 nitrogen and oxygen atoms in total. The fraction of sp³-hybridized carbons (Fsp3) is 0.250. The van der Waals surface area contributed by atoms with Gasteiger partial charge in [0.05, 0.1) is 6.54 Å². The first-order chi connectivity index (χ1) is 9.04. The molecule has 1 aromatic carbocycles. The minimum Gasteiger partial charge on any atom is -0.368 e. The molecular weight excluding hydrogens is 250 g/mol. The summed E-state index contributed by atoms with van der Waals surface area (Å²) in [7, 11) is 0. The van der Waals surface area contributed by atoms with E-state index >= 15 is 0 Å². The van der Waals surface area contributed by atoms with E-state index in [0.29, 0.717) is 0 Å². The molecule has 1 aromatic rings. The zero-order chi connectivity index (χ0) is 14.3. The van der Waals surface area contributed by atoms with Crippen molar-refractivity contribution >= 4 is 17.7 Å². The lowest BCUT2D eigenvalue weighted by Gasteiger charge is -2.14. The standard InChI is InChI=1S/C12H15N3O4/c13-10(16)7-14-11(17)9(12(18)15-19)6-8-4-2-1-3-5-8/h1-5,9,19H,6-7H2,(H2,13,16)(H,14,17)(H,15,18). The number of carbonyl (C=O) groups excluding carboxylic acids is 3. The molecule has 1 rings (SSSR count). The number of rotatable bonds is 6. The number of nitrogens with one attached hydrogen (secondary N) is 2. The second-order valence-electron chi connectivity index (χ2n) is 3.90. The molecule has 102 valence electrons. The Morgan fingerprint density at radius 2 is 1.79 bits per heavy atom. The lowest BCUT2D eigenvalue weighted by molar-refractivity contribution is -0.141. The number of nitrogens with two attached hydrogens (primary N) is 1. The Hall–Kier alpha value is -2.41. The summed E-state index contributed by atoms with van der Waals surface area (Å²) in [4.78, 5) is 33.8. The Morgan fingerprint density at radius 3 is 2.32 bits per heavy atom. The Kier molecular flexibility index (Phi) is 5.49. The smallest absolute Gasteiger partial charge is 0.256 e. The van der Waals surface area contributed by atoms with E-state index in [1.54, 1.807) is 30.3 Å². The SMILES string of the molecule is NC(=O)CNC(=O)C(Cc1ccccc1)C(=O)NO. The van der Waals surface area contributed by atoms with Crippen LogP contribution in [0, 0.1) is 5.92 Å². The van der Waals surface area contributed by atoms with Gasteiger partial charge in [0.15, 0.2) is 0 Å². The van der Waals surface area contributed by atoms with Crippen molar-refractivity contribution < 1.29 is 19.6 Å². The largest absolute Gasteiger partial charge is 0.368 e. The number of hydrogen-bond donors (Lipinski definition) is 4. The molecule has 0 aliphatic rings. The van der Waals surface area contributed by atoms with Crippen LogP contribution in [0.15, 0.2) is 30.3 Å². The average molecular weight is 265 g/mol. The predicted molar refractivity (Wildman–Crippen MR) is 65.8 cm³/mol. The van der Waals surface area contributed by atoms with Crippen LogP contribution in [-0.4, -0.2) is 29.5 Å². The predicted octanol–water partition coefficient (Wildman–Crippen LogP) is -1.05. The Morgan fingerprint density at radius 1 is 1.16 bits per heavy atom. The van der Waals surface area contributed by atoms with Crippen LogP contribution < -0.4 is 16.5 Å². The number of hydroxylamine groups is 1. The molecule has 5 N–H and O–H groups in total. The van der Waals surface area contributed by atoms with Gasteiger partial charge in [-0.25, -0.2) is 5.48 Å². The van der Waals surface area contributed by atoms with Gasteiger partial charge in [-0.1, -0.05) is 30.3 Å². The van der Waals surface area contributed by atoms with Crippen LogP contribution in [-0.2, 0) is 20.8 Å². The normalized spacial score (nSPS) is 11.4. The lowest BCUT2D eigenvalue weighted by Crippen LogP contribution is -2.44. The van der Waals surface area contributed by atoms with Crippen molar-refractivity contribution in [3.63, 3.8) is 0 Å². The first-order valence-corrected chi connectivity index (χ1v) is 5.58. The second kappa shape index (κ2) is 7.12. The Balaban J connectivity index is 2.74. The van der Waals surface area contributed by atoms with Crippen LogP contribution in [0.5, 0.6) is 0 Å². The number of hydrogen-bond acceptors (Lipinski definition) is 4. The fourth-order valence-electron chi connectivity index (χ4n) is 1.53. The van der Waals surface area contributed by atoms with E-state index in [2.05, 4.69) is 5.32 Å². The van der Waals surface area contributed by atoms with Gasteiger partial charge in [-0.2, -0.15) is 0 Å². The minimum atomic E-state index is -1.13. The van der Waals surface area contributed by atoms with E-state index in [1.165, 1.54) is 5.48 Å². The maximum absolute atomic E-state index is 11.8. The van der Waals surface area contributed by atoms with Crippen LogP contribution >= 0.6 is 0 Å². The van der Waals surface area contributed by atoms with Gasteiger partial charge < -0.3 is 11.1 Å². The zero-order valence-electron chi connectivity index (χ0n) is 10.1. The van der Waals surface area contributed by atoms with Gasteiger partial charge in [-0.15, -0.1) is 0 Å². The minimum absolute atomic E-state index is 0.109. The number of amides is 3. The molecule has 1 unspecified atom stereocenters. The third-order valence-corrected chi connectivity index (χ3v) is 2.46. The highest BCUT2D eigenvalue weighted by Gasteiger charge is 2.26. The van der Waals surface area contributed by atoms with Gasteiger partial charge in [0.1, 0.15) is 5.92 Å². The molecule has 0 spiro atoms. The van der Waals surface area contributed by atoms with Crippen molar-refractivity contribution in [3.05, 3.63) is 35.9 Å². The van der Waals surface area contributed by atoms with E-state index in [1.807, 2.05) is 0 Å². The van der Waals surface area contributed by atoms with Crippen LogP contribution in [0.2, 0.25) is 0 Å². The van der Waals surface area contributed by atoms with E-state index in [9.17, 15) is 14.4 Å². The molecule has 7 heteroatoms. The highest BCUT2D eigenvalue weighted by Crippen LogP contribution is 2.09. The summed E-state index contributed by atoms with van der Waals surface area (Å²) >= 11 is 0. The molecular formula is C12H15N3O4. The van der Waals surface area contributed by atoms with Crippen LogP contribution in [0.25, 0.3) is 0 Å². The Bertz CT molecular complexity index is 461. The van der Waals surface area contributed by atoms with E-state index < -0.39 is 23.6 Å². The average Bonchev–Trinajstić information content (AvgIpc) is 2.42. The molecule has 0 fully saturated rings. The molecule has 0 saturated carbocycles. The number of carbonyl (C=O) groups is 3. The van der Waals surface area contributed by atoms with Crippen LogP contribution in [0.3, 0.4) is 0 Å². The van der Waals surface area contributed by atoms with Gasteiger partial charge in [0.2, 0.25) is 11.8 Å². The van der Waals surface area contributed by atoms with E-state index in [4.69, 9.17) is 10.9 Å². The summed E-state index contributed by atoms with van der Waals surface area (Å²) in [5, 5.41) is 10.9. The van der Waals surface area contributed by atoms with Gasteiger partial charge >= 0.3 is 0 Å². The topological polar surface area (TPSA) is 122 Å². The summed E-state index contributed by atoms with van der Waals surface area (Å²) in [6.07, 6.45) is 0.109.